The maximum Gasteiger partial charge on any atom is 0.129 e. The zero-order valence-electron chi connectivity index (χ0n) is 10.4. The van der Waals surface area contributed by atoms with Gasteiger partial charge in [-0.15, -0.1) is 0 Å². The van der Waals surface area contributed by atoms with Crippen LogP contribution >= 0.6 is 0 Å². The molecule has 0 fully saturated rings. The zero-order chi connectivity index (χ0) is 13.5. The van der Waals surface area contributed by atoms with Crippen LogP contribution in [-0.2, 0) is 6.61 Å². The molecular formula is C15H15NO3. The van der Waals surface area contributed by atoms with E-state index < -0.39 is 0 Å². The van der Waals surface area contributed by atoms with Crippen molar-refractivity contribution in [1.29, 1.82) is 0 Å². The Morgan fingerprint density at radius 2 is 1.68 bits per heavy atom. The number of ether oxygens (including phenoxy) is 1. The van der Waals surface area contributed by atoms with Crippen molar-refractivity contribution in [3.8, 4) is 5.75 Å². The van der Waals surface area contributed by atoms with E-state index in [1.807, 2.05) is 36.4 Å². The molecule has 0 spiro atoms. The van der Waals surface area contributed by atoms with Gasteiger partial charge in [0.15, 0.2) is 0 Å². The van der Waals surface area contributed by atoms with Gasteiger partial charge in [-0.3, -0.25) is 0 Å². The summed E-state index contributed by atoms with van der Waals surface area (Å²) in [5.74, 6) is 0.577. The summed E-state index contributed by atoms with van der Waals surface area (Å²) in [4.78, 5) is 0. The van der Waals surface area contributed by atoms with Crippen LogP contribution in [0.15, 0.2) is 59.8 Å². The number of aliphatic hydroxyl groups excluding tert-OH is 1. The third-order valence-corrected chi connectivity index (χ3v) is 2.71. The lowest BCUT2D eigenvalue weighted by molar-refractivity contribution is 0.296. The molecule has 0 aromatic heterocycles. The monoisotopic (exact) mass is 257 g/mol. The number of nitrogens with zero attached hydrogens (tertiary/aromatic N) is 1. The summed E-state index contributed by atoms with van der Waals surface area (Å²) in [5, 5.41) is 21.1. The molecule has 4 heteroatoms. The number of aliphatic hydroxyl groups is 1. The molecule has 2 aromatic carbocycles. The molecule has 0 saturated carbocycles. The lowest BCUT2D eigenvalue weighted by Crippen LogP contribution is -2.09. The zero-order valence-corrected chi connectivity index (χ0v) is 10.4. The highest BCUT2D eigenvalue weighted by Crippen LogP contribution is 2.20. The van der Waals surface area contributed by atoms with Crippen LogP contribution in [0.1, 0.15) is 11.1 Å². The highest BCUT2D eigenvalue weighted by molar-refractivity contribution is 6.03. The fraction of sp³-hybridized carbons (Fsp3) is 0.133. The first kappa shape index (κ1) is 13.1. The Balaban J connectivity index is 2.17. The molecule has 0 heterocycles. The van der Waals surface area contributed by atoms with E-state index in [4.69, 9.17) is 15.1 Å². The van der Waals surface area contributed by atoms with Crippen LogP contribution in [0.25, 0.3) is 0 Å². The van der Waals surface area contributed by atoms with E-state index in [-0.39, 0.29) is 12.3 Å². The molecule has 0 bridgehead atoms. The van der Waals surface area contributed by atoms with E-state index >= 15 is 0 Å². The first-order chi connectivity index (χ1) is 9.35. The fourth-order valence-electron chi connectivity index (χ4n) is 1.74. The lowest BCUT2D eigenvalue weighted by atomic mass is 10.1. The minimum Gasteiger partial charge on any atom is -0.488 e. The Hall–Kier alpha value is -2.33. The van der Waals surface area contributed by atoms with Crippen LogP contribution in [0.4, 0.5) is 0 Å². The van der Waals surface area contributed by atoms with Gasteiger partial charge in [0.25, 0.3) is 0 Å². The number of hydrogen-bond acceptors (Lipinski definition) is 4. The smallest absolute Gasteiger partial charge is 0.129 e. The van der Waals surface area contributed by atoms with Gasteiger partial charge in [0, 0.05) is 5.56 Å². The summed E-state index contributed by atoms with van der Waals surface area (Å²) in [6.45, 7) is 0.0736. The van der Waals surface area contributed by atoms with Crippen molar-refractivity contribution in [3.05, 3.63) is 65.7 Å². The summed E-state index contributed by atoms with van der Waals surface area (Å²) in [7, 11) is 0. The molecule has 0 aliphatic heterocycles. The maximum atomic E-state index is 9.14. The Kier molecular flexibility index (Phi) is 4.53. The molecule has 0 aliphatic rings. The molecule has 0 radical (unpaired) electrons. The van der Waals surface area contributed by atoms with E-state index in [1.165, 1.54) is 0 Å². The van der Waals surface area contributed by atoms with E-state index in [1.54, 1.807) is 18.2 Å². The van der Waals surface area contributed by atoms with Gasteiger partial charge in [-0.1, -0.05) is 47.6 Å². The van der Waals surface area contributed by atoms with Crippen molar-refractivity contribution in [1.82, 2.24) is 0 Å². The average Bonchev–Trinajstić information content (AvgIpc) is 2.48. The first-order valence-electron chi connectivity index (χ1n) is 5.93. The van der Waals surface area contributed by atoms with Crippen molar-refractivity contribution >= 4 is 5.71 Å². The second-order valence-corrected chi connectivity index (χ2v) is 3.98. The number of para-hydroxylation sites is 1. The molecule has 2 aromatic rings. The van der Waals surface area contributed by atoms with Crippen LogP contribution in [0.5, 0.6) is 5.75 Å². The number of benzene rings is 2. The second kappa shape index (κ2) is 6.56. The van der Waals surface area contributed by atoms with E-state index in [0.717, 1.165) is 5.56 Å². The first-order valence-corrected chi connectivity index (χ1v) is 5.93. The second-order valence-electron chi connectivity index (χ2n) is 3.98. The molecule has 0 aliphatic carbocycles. The predicted octanol–water partition coefficient (Wildman–Crippen LogP) is 2.44. The van der Waals surface area contributed by atoms with Crippen molar-refractivity contribution in [2.24, 2.45) is 5.16 Å². The van der Waals surface area contributed by atoms with Gasteiger partial charge in [-0.25, -0.2) is 0 Å². The molecule has 2 N–H and O–H groups in total. The van der Waals surface area contributed by atoms with Crippen molar-refractivity contribution in [2.75, 3.05) is 6.61 Å². The summed E-state index contributed by atoms with van der Waals surface area (Å²) < 4.78 is 5.70. The molecule has 98 valence electrons. The van der Waals surface area contributed by atoms with Crippen LogP contribution in [0, 0.1) is 0 Å². The Morgan fingerprint density at radius 3 is 2.37 bits per heavy atom. The molecule has 2 rings (SSSR count). The van der Waals surface area contributed by atoms with Crippen LogP contribution in [0.2, 0.25) is 0 Å². The van der Waals surface area contributed by atoms with Crippen LogP contribution < -0.4 is 4.74 Å². The molecule has 0 saturated heterocycles. The van der Waals surface area contributed by atoms with E-state index in [9.17, 15) is 0 Å². The Bertz CT molecular complexity index is 552. The Morgan fingerprint density at radius 1 is 1.00 bits per heavy atom. The summed E-state index contributed by atoms with van der Waals surface area (Å²) in [6.07, 6.45) is 0. The lowest BCUT2D eigenvalue weighted by Gasteiger charge is -2.11. The van der Waals surface area contributed by atoms with Gasteiger partial charge in [0.1, 0.15) is 18.1 Å². The van der Waals surface area contributed by atoms with Crippen molar-refractivity contribution in [2.45, 2.75) is 6.61 Å². The van der Waals surface area contributed by atoms with Crippen molar-refractivity contribution < 1.29 is 15.1 Å². The Labute approximate surface area is 111 Å². The minimum atomic E-state index is -0.345. The van der Waals surface area contributed by atoms with E-state index in [0.29, 0.717) is 17.9 Å². The fourth-order valence-corrected chi connectivity index (χ4v) is 1.74. The quantitative estimate of drug-likeness (QED) is 0.491. The summed E-state index contributed by atoms with van der Waals surface area (Å²) in [6, 6.07) is 16.9. The van der Waals surface area contributed by atoms with Gasteiger partial charge in [-0.2, -0.15) is 0 Å². The van der Waals surface area contributed by atoms with Crippen LogP contribution in [0.3, 0.4) is 0 Å². The minimum absolute atomic E-state index is 0.184. The van der Waals surface area contributed by atoms with Gasteiger partial charge < -0.3 is 15.1 Å². The van der Waals surface area contributed by atoms with Crippen LogP contribution in [-0.4, -0.2) is 22.6 Å². The maximum absolute atomic E-state index is 9.14. The third-order valence-electron chi connectivity index (χ3n) is 2.71. The molecular weight excluding hydrogens is 242 g/mol. The van der Waals surface area contributed by atoms with Gasteiger partial charge >= 0.3 is 0 Å². The molecule has 0 amide bonds. The standard InChI is InChI=1S/C15H15NO3/c17-10-14(16-18)13-8-4-5-9-15(13)19-11-12-6-2-1-3-7-12/h1-9,17-18H,10-11H2/b16-14+. The van der Waals surface area contributed by atoms with E-state index in [2.05, 4.69) is 5.16 Å². The highest BCUT2D eigenvalue weighted by Gasteiger charge is 2.09. The number of oxime groups is 1. The number of rotatable bonds is 5. The summed E-state index contributed by atoms with van der Waals surface area (Å²) >= 11 is 0. The topological polar surface area (TPSA) is 62.1 Å². The third kappa shape index (κ3) is 3.33. The average molecular weight is 257 g/mol. The highest BCUT2D eigenvalue weighted by atomic mass is 16.5. The molecule has 4 nitrogen and oxygen atoms in total. The normalized spacial score (nSPS) is 11.3. The molecule has 0 atom stereocenters. The predicted molar refractivity (Wildman–Crippen MR) is 72.6 cm³/mol. The largest absolute Gasteiger partial charge is 0.488 e. The number of hydrogen-bond donors (Lipinski definition) is 2. The van der Waals surface area contributed by atoms with Crippen molar-refractivity contribution in [3.63, 3.8) is 0 Å². The summed E-state index contributed by atoms with van der Waals surface area (Å²) in [5.41, 5.74) is 1.82. The SMILES string of the molecule is OC/C(=N\O)c1ccccc1OCc1ccccc1. The van der Waals surface area contributed by atoms with Gasteiger partial charge in [0.05, 0.1) is 6.61 Å². The molecule has 19 heavy (non-hydrogen) atoms. The molecule has 0 unspecified atom stereocenters. The van der Waals surface area contributed by atoms with Gasteiger partial charge in [0.2, 0.25) is 0 Å². The van der Waals surface area contributed by atoms with Gasteiger partial charge in [-0.05, 0) is 17.7 Å².